The van der Waals surface area contributed by atoms with Crippen molar-refractivity contribution in [2.24, 2.45) is 0 Å². The van der Waals surface area contributed by atoms with E-state index in [4.69, 9.17) is 5.26 Å². The molecular formula is C12H16N2S. The van der Waals surface area contributed by atoms with Crippen molar-refractivity contribution in [2.75, 3.05) is 19.3 Å². The van der Waals surface area contributed by atoms with Crippen molar-refractivity contribution in [3.8, 4) is 6.07 Å². The highest BCUT2D eigenvalue weighted by molar-refractivity contribution is 7.99. The van der Waals surface area contributed by atoms with E-state index in [0.29, 0.717) is 6.54 Å². The monoisotopic (exact) mass is 220 g/mol. The number of nitriles is 1. The van der Waals surface area contributed by atoms with Crippen molar-refractivity contribution in [3.63, 3.8) is 0 Å². The lowest BCUT2D eigenvalue weighted by Crippen LogP contribution is -2.17. The van der Waals surface area contributed by atoms with Gasteiger partial charge in [-0.2, -0.15) is 5.26 Å². The summed E-state index contributed by atoms with van der Waals surface area (Å²) in [5, 5.41) is 8.53. The standard InChI is InChI=1S/C12H16N2S/c1-3-15-12-6-4-11(5-7-12)10-14(2)9-8-13/h4-7H,3,9-10H2,1-2H3. The third-order valence-corrected chi connectivity index (χ3v) is 2.92. The highest BCUT2D eigenvalue weighted by Crippen LogP contribution is 2.18. The van der Waals surface area contributed by atoms with Gasteiger partial charge in [0.05, 0.1) is 12.6 Å². The summed E-state index contributed by atoms with van der Waals surface area (Å²) >= 11 is 1.85. The van der Waals surface area contributed by atoms with E-state index in [1.807, 2.05) is 23.7 Å². The fraction of sp³-hybridized carbons (Fsp3) is 0.417. The lowest BCUT2D eigenvalue weighted by atomic mass is 10.2. The van der Waals surface area contributed by atoms with Gasteiger partial charge in [-0.1, -0.05) is 19.1 Å². The Bertz CT molecular complexity index is 326. The maximum Gasteiger partial charge on any atom is 0.0866 e. The van der Waals surface area contributed by atoms with Crippen LogP contribution in [0.4, 0.5) is 0 Å². The van der Waals surface area contributed by atoms with Crippen LogP contribution < -0.4 is 0 Å². The first-order chi connectivity index (χ1) is 7.26. The van der Waals surface area contributed by atoms with Crippen LogP contribution in [0.15, 0.2) is 29.2 Å². The van der Waals surface area contributed by atoms with Crippen LogP contribution >= 0.6 is 11.8 Å². The second-order valence-electron chi connectivity index (χ2n) is 3.41. The van der Waals surface area contributed by atoms with Gasteiger partial charge in [0, 0.05) is 11.4 Å². The Kier molecular flexibility index (Phi) is 5.23. The van der Waals surface area contributed by atoms with Crippen LogP contribution in [-0.4, -0.2) is 24.2 Å². The Morgan fingerprint density at radius 1 is 1.33 bits per heavy atom. The van der Waals surface area contributed by atoms with E-state index in [1.54, 1.807) is 0 Å². The van der Waals surface area contributed by atoms with Gasteiger partial charge in [-0.25, -0.2) is 0 Å². The van der Waals surface area contributed by atoms with Gasteiger partial charge in [-0.05, 0) is 30.5 Å². The van der Waals surface area contributed by atoms with E-state index >= 15 is 0 Å². The number of benzene rings is 1. The van der Waals surface area contributed by atoms with Crippen LogP contribution in [0.5, 0.6) is 0 Å². The maximum atomic E-state index is 8.53. The van der Waals surface area contributed by atoms with E-state index in [-0.39, 0.29) is 0 Å². The van der Waals surface area contributed by atoms with Crippen LogP contribution in [0.2, 0.25) is 0 Å². The summed E-state index contributed by atoms with van der Waals surface area (Å²) in [6.45, 7) is 3.47. The molecule has 0 spiro atoms. The zero-order valence-corrected chi connectivity index (χ0v) is 10.0. The van der Waals surface area contributed by atoms with Crippen molar-refractivity contribution < 1.29 is 0 Å². The first-order valence-corrected chi connectivity index (χ1v) is 6.02. The molecule has 0 radical (unpaired) electrons. The quantitative estimate of drug-likeness (QED) is 0.564. The molecular weight excluding hydrogens is 204 g/mol. The molecule has 1 aromatic carbocycles. The van der Waals surface area contributed by atoms with Crippen molar-refractivity contribution in [1.29, 1.82) is 5.26 Å². The second-order valence-corrected chi connectivity index (χ2v) is 4.74. The maximum absolute atomic E-state index is 8.53. The molecule has 0 atom stereocenters. The average Bonchev–Trinajstić information content (AvgIpc) is 2.22. The molecule has 0 fully saturated rings. The van der Waals surface area contributed by atoms with Gasteiger partial charge in [0.1, 0.15) is 0 Å². The zero-order valence-electron chi connectivity index (χ0n) is 9.23. The van der Waals surface area contributed by atoms with Crippen molar-refractivity contribution in [2.45, 2.75) is 18.4 Å². The SMILES string of the molecule is CCSc1ccc(CN(C)CC#N)cc1. The van der Waals surface area contributed by atoms with Crippen LogP contribution in [-0.2, 0) is 6.54 Å². The zero-order chi connectivity index (χ0) is 11.1. The molecule has 0 aliphatic heterocycles. The predicted octanol–water partition coefficient (Wildman–Crippen LogP) is 2.75. The van der Waals surface area contributed by atoms with Crippen molar-refractivity contribution in [1.82, 2.24) is 4.90 Å². The molecule has 0 aromatic heterocycles. The number of hydrogen-bond donors (Lipinski definition) is 0. The lowest BCUT2D eigenvalue weighted by molar-refractivity contribution is 0.367. The highest BCUT2D eigenvalue weighted by atomic mass is 32.2. The largest absolute Gasteiger partial charge is 0.289 e. The van der Waals surface area contributed by atoms with Gasteiger partial charge in [0.2, 0.25) is 0 Å². The molecule has 0 saturated carbocycles. The minimum absolute atomic E-state index is 0.478. The fourth-order valence-corrected chi connectivity index (χ4v) is 2.01. The molecule has 0 bridgehead atoms. The highest BCUT2D eigenvalue weighted by Gasteiger charge is 1.99. The first kappa shape index (κ1) is 12.1. The van der Waals surface area contributed by atoms with E-state index in [1.165, 1.54) is 10.5 Å². The molecule has 80 valence electrons. The van der Waals surface area contributed by atoms with Gasteiger partial charge >= 0.3 is 0 Å². The van der Waals surface area contributed by atoms with E-state index in [0.717, 1.165) is 12.3 Å². The fourth-order valence-electron chi connectivity index (χ4n) is 1.35. The molecule has 0 unspecified atom stereocenters. The van der Waals surface area contributed by atoms with Gasteiger partial charge < -0.3 is 0 Å². The number of thioether (sulfide) groups is 1. The Morgan fingerprint density at radius 2 is 2.00 bits per heavy atom. The summed E-state index contributed by atoms with van der Waals surface area (Å²) in [7, 11) is 1.96. The van der Waals surface area contributed by atoms with Gasteiger partial charge in [-0.15, -0.1) is 11.8 Å². The normalized spacial score (nSPS) is 10.3. The van der Waals surface area contributed by atoms with Crippen LogP contribution in [0.3, 0.4) is 0 Å². The third kappa shape index (κ3) is 4.37. The number of nitrogens with zero attached hydrogens (tertiary/aromatic N) is 2. The number of rotatable bonds is 5. The van der Waals surface area contributed by atoms with Gasteiger partial charge in [0.15, 0.2) is 0 Å². The topological polar surface area (TPSA) is 27.0 Å². The molecule has 0 aliphatic carbocycles. The Hall–Kier alpha value is -0.980. The predicted molar refractivity (Wildman–Crippen MR) is 64.8 cm³/mol. The summed E-state index contributed by atoms with van der Waals surface area (Å²) in [6.07, 6.45) is 0. The Morgan fingerprint density at radius 3 is 2.53 bits per heavy atom. The molecule has 15 heavy (non-hydrogen) atoms. The second kappa shape index (κ2) is 6.49. The minimum Gasteiger partial charge on any atom is -0.289 e. The summed E-state index contributed by atoms with van der Waals surface area (Å²) in [5.74, 6) is 1.10. The van der Waals surface area contributed by atoms with E-state index < -0.39 is 0 Å². The smallest absolute Gasteiger partial charge is 0.0866 e. The molecule has 2 nitrogen and oxygen atoms in total. The van der Waals surface area contributed by atoms with E-state index in [2.05, 4.69) is 37.3 Å². The van der Waals surface area contributed by atoms with Gasteiger partial charge in [-0.3, -0.25) is 4.90 Å². The molecule has 1 rings (SSSR count). The molecule has 0 amide bonds. The Labute approximate surface area is 95.9 Å². The Balaban J connectivity index is 2.53. The summed E-state index contributed by atoms with van der Waals surface area (Å²) in [5.41, 5.74) is 1.26. The van der Waals surface area contributed by atoms with Crippen LogP contribution in [0, 0.1) is 11.3 Å². The lowest BCUT2D eigenvalue weighted by Gasteiger charge is -2.12. The van der Waals surface area contributed by atoms with Gasteiger partial charge in [0.25, 0.3) is 0 Å². The minimum atomic E-state index is 0.478. The first-order valence-electron chi connectivity index (χ1n) is 5.03. The summed E-state index contributed by atoms with van der Waals surface area (Å²) in [6, 6.07) is 10.7. The molecule has 0 saturated heterocycles. The molecule has 1 aromatic rings. The van der Waals surface area contributed by atoms with E-state index in [9.17, 15) is 0 Å². The molecule has 0 aliphatic rings. The third-order valence-electron chi connectivity index (χ3n) is 2.03. The van der Waals surface area contributed by atoms with Crippen molar-refractivity contribution >= 4 is 11.8 Å². The number of hydrogen-bond acceptors (Lipinski definition) is 3. The molecule has 0 heterocycles. The summed E-state index contributed by atoms with van der Waals surface area (Å²) < 4.78 is 0. The van der Waals surface area contributed by atoms with Crippen LogP contribution in [0.25, 0.3) is 0 Å². The van der Waals surface area contributed by atoms with Crippen molar-refractivity contribution in [3.05, 3.63) is 29.8 Å². The summed E-state index contributed by atoms with van der Waals surface area (Å²) in [4.78, 5) is 3.31. The average molecular weight is 220 g/mol. The molecule has 0 N–H and O–H groups in total. The van der Waals surface area contributed by atoms with Crippen LogP contribution in [0.1, 0.15) is 12.5 Å². The molecule has 3 heteroatoms.